The Kier molecular flexibility index (Phi) is 3.43. The van der Waals surface area contributed by atoms with Crippen LogP contribution in [0.3, 0.4) is 0 Å². The fraction of sp³-hybridized carbons (Fsp3) is 0.538. The Morgan fingerprint density at radius 1 is 1.29 bits per heavy atom. The molecule has 0 heterocycles. The van der Waals surface area contributed by atoms with Gasteiger partial charge in [0.25, 0.3) is 0 Å². The quantitative estimate of drug-likeness (QED) is 0.793. The Balaban J connectivity index is 2.04. The average molecular weight is 237 g/mol. The molecule has 0 atom stereocenters. The van der Waals surface area contributed by atoms with Crippen LogP contribution in [0.5, 0.6) is 11.5 Å². The van der Waals surface area contributed by atoms with Gasteiger partial charge >= 0.3 is 0 Å². The van der Waals surface area contributed by atoms with Gasteiger partial charge in [-0.25, -0.2) is 0 Å². The molecule has 2 rings (SSSR count). The van der Waals surface area contributed by atoms with Crippen LogP contribution in [0.15, 0.2) is 18.2 Å². The molecule has 2 N–H and O–H groups in total. The highest BCUT2D eigenvalue weighted by molar-refractivity contribution is 5.59. The lowest BCUT2D eigenvalue weighted by Crippen LogP contribution is -2.19. The molecule has 0 saturated heterocycles. The second-order valence-corrected chi connectivity index (χ2v) is 4.58. The number of anilines is 1. The summed E-state index contributed by atoms with van der Waals surface area (Å²) in [6, 6.07) is 5.68. The second-order valence-electron chi connectivity index (χ2n) is 4.58. The molecule has 0 bridgehead atoms. The van der Waals surface area contributed by atoms with Crippen LogP contribution in [0.25, 0.3) is 0 Å². The number of ether oxygens (including phenoxy) is 2. The Bertz CT molecular complexity index is 388. The van der Waals surface area contributed by atoms with Gasteiger partial charge in [0.05, 0.1) is 26.5 Å². The normalized spacial score (nSPS) is 16.4. The summed E-state index contributed by atoms with van der Waals surface area (Å²) in [5.74, 6) is 1.54. The minimum atomic E-state index is 0.0882. The van der Waals surface area contributed by atoms with Crippen LogP contribution in [0.2, 0.25) is 0 Å². The summed E-state index contributed by atoms with van der Waals surface area (Å²) >= 11 is 0. The summed E-state index contributed by atoms with van der Waals surface area (Å²) in [5, 5.41) is 12.6. The number of aliphatic hydroxyl groups is 1. The van der Waals surface area contributed by atoms with Crippen molar-refractivity contribution >= 4 is 5.69 Å². The summed E-state index contributed by atoms with van der Waals surface area (Å²) in [4.78, 5) is 0. The molecule has 1 saturated carbocycles. The Hall–Kier alpha value is -1.42. The van der Waals surface area contributed by atoms with Crippen molar-refractivity contribution in [3.05, 3.63) is 18.2 Å². The third-order valence-electron chi connectivity index (χ3n) is 3.36. The Morgan fingerprint density at radius 3 is 2.59 bits per heavy atom. The first-order valence-electron chi connectivity index (χ1n) is 5.80. The zero-order valence-electron chi connectivity index (χ0n) is 10.3. The van der Waals surface area contributed by atoms with Gasteiger partial charge in [0.2, 0.25) is 0 Å². The van der Waals surface area contributed by atoms with Gasteiger partial charge in [0, 0.05) is 18.0 Å². The van der Waals surface area contributed by atoms with Crippen molar-refractivity contribution < 1.29 is 14.6 Å². The van der Waals surface area contributed by atoms with E-state index < -0.39 is 0 Å². The first kappa shape index (κ1) is 12.0. The first-order valence-corrected chi connectivity index (χ1v) is 5.80. The van der Waals surface area contributed by atoms with Crippen molar-refractivity contribution in [2.24, 2.45) is 5.41 Å². The molecular weight excluding hydrogens is 218 g/mol. The van der Waals surface area contributed by atoms with Crippen molar-refractivity contribution in [1.82, 2.24) is 0 Å². The summed E-state index contributed by atoms with van der Waals surface area (Å²) in [5.41, 5.74) is 1.03. The fourth-order valence-electron chi connectivity index (χ4n) is 1.79. The van der Waals surface area contributed by atoms with Crippen LogP contribution in [0.1, 0.15) is 12.8 Å². The topological polar surface area (TPSA) is 50.7 Å². The van der Waals surface area contributed by atoms with Crippen molar-refractivity contribution in [2.75, 3.05) is 32.7 Å². The SMILES string of the molecule is COc1ccc(NCC2(CO)CC2)c(OC)c1. The van der Waals surface area contributed by atoms with E-state index in [1.54, 1.807) is 14.2 Å². The summed E-state index contributed by atoms with van der Waals surface area (Å²) in [6.45, 7) is 1.03. The molecule has 4 heteroatoms. The minimum Gasteiger partial charge on any atom is -0.497 e. The van der Waals surface area contributed by atoms with Gasteiger partial charge in [-0.05, 0) is 25.0 Å². The van der Waals surface area contributed by atoms with Gasteiger partial charge in [-0.15, -0.1) is 0 Å². The maximum absolute atomic E-state index is 9.25. The average Bonchev–Trinajstić information content (AvgIpc) is 3.16. The van der Waals surface area contributed by atoms with E-state index >= 15 is 0 Å². The predicted molar refractivity (Wildman–Crippen MR) is 66.8 cm³/mol. The van der Waals surface area contributed by atoms with Gasteiger partial charge in [0.1, 0.15) is 11.5 Å². The van der Waals surface area contributed by atoms with Gasteiger partial charge in [-0.1, -0.05) is 0 Å². The molecular formula is C13H19NO3. The molecule has 94 valence electrons. The van der Waals surface area contributed by atoms with E-state index in [1.165, 1.54) is 0 Å². The zero-order chi connectivity index (χ0) is 12.3. The molecule has 1 aliphatic carbocycles. The Labute approximate surface area is 102 Å². The van der Waals surface area contributed by atoms with Crippen molar-refractivity contribution in [1.29, 1.82) is 0 Å². The largest absolute Gasteiger partial charge is 0.497 e. The number of aliphatic hydroxyl groups excluding tert-OH is 1. The van der Waals surface area contributed by atoms with Gasteiger partial charge in [0.15, 0.2) is 0 Å². The maximum Gasteiger partial charge on any atom is 0.145 e. The lowest BCUT2D eigenvalue weighted by atomic mass is 10.1. The highest BCUT2D eigenvalue weighted by atomic mass is 16.5. The van der Waals surface area contributed by atoms with E-state index in [2.05, 4.69) is 5.32 Å². The number of hydrogen-bond acceptors (Lipinski definition) is 4. The standard InChI is InChI=1S/C13H19NO3/c1-16-10-3-4-11(12(7-10)17-2)14-8-13(9-15)5-6-13/h3-4,7,14-15H,5-6,8-9H2,1-2H3. The molecule has 0 amide bonds. The number of rotatable bonds is 6. The second kappa shape index (κ2) is 4.84. The molecule has 0 aliphatic heterocycles. The van der Waals surface area contributed by atoms with E-state index in [1.807, 2.05) is 18.2 Å². The van der Waals surface area contributed by atoms with Crippen molar-refractivity contribution in [3.8, 4) is 11.5 Å². The summed E-state index contributed by atoms with van der Waals surface area (Å²) in [6.07, 6.45) is 2.18. The zero-order valence-corrected chi connectivity index (χ0v) is 10.3. The van der Waals surface area contributed by atoms with Crippen LogP contribution in [-0.4, -0.2) is 32.5 Å². The lowest BCUT2D eigenvalue weighted by Gasteiger charge is -2.16. The molecule has 0 unspecified atom stereocenters. The van der Waals surface area contributed by atoms with Crippen LogP contribution < -0.4 is 14.8 Å². The monoisotopic (exact) mass is 237 g/mol. The van der Waals surface area contributed by atoms with Gasteiger partial charge < -0.3 is 19.9 Å². The van der Waals surface area contributed by atoms with Crippen molar-refractivity contribution in [3.63, 3.8) is 0 Å². The van der Waals surface area contributed by atoms with Crippen LogP contribution >= 0.6 is 0 Å². The van der Waals surface area contributed by atoms with Crippen LogP contribution in [0.4, 0.5) is 5.69 Å². The smallest absolute Gasteiger partial charge is 0.145 e. The van der Waals surface area contributed by atoms with E-state index in [0.29, 0.717) is 0 Å². The number of hydrogen-bond donors (Lipinski definition) is 2. The molecule has 0 radical (unpaired) electrons. The molecule has 0 aromatic heterocycles. The molecule has 4 nitrogen and oxygen atoms in total. The molecule has 0 spiro atoms. The molecule has 1 aromatic rings. The summed E-state index contributed by atoms with van der Waals surface area (Å²) in [7, 11) is 3.27. The van der Waals surface area contributed by atoms with E-state index in [9.17, 15) is 5.11 Å². The lowest BCUT2D eigenvalue weighted by molar-refractivity contribution is 0.219. The fourth-order valence-corrected chi connectivity index (χ4v) is 1.79. The third-order valence-corrected chi connectivity index (χ3v) is 3.36. The van der Waals surface area contributed by atoms with Gasteiger partial charge in [-0.2, -0.15) is 0 Å². The number of nitrogens with one attached hydrogen (secondary N) is 1. The van der Waals surface area contributed by atoms with Crippen LogP contribution in [-0.2, 0) is 0 Å². The summed E-state index contributed by atoms with van der Waals surface area (Å²) < 4.78 is 10.4. The van der Waals surface area contributed by atoms with Crippen LogP contribution in [0, 0.1) is 5.41 Å². The first-order chi connectivity index (χ1) is 8.23. The highest BCUT2D eigenvalue weighted by Gasteiger charge is 2.41. The minimum absolute atomic E-state index is 0.0882. The molecule has 1 aromatic carbocycles. The highest BCUT2D eigenvalue weighted by Crippen LogP contribution is 2.45. The van der Waals surface area contributed by atoms with E-state index in [4.69, 9.17) is 9.47 Å². The molecule has 1 fully saturated rings. The number of methoxy groups -OCH3 is 2. The molecule has 1 aliphatic rings. The Morgan fingerprint density at radius 2 is 2.06 bits per heavy atom. The predicted octanol–water partition coefficient (Wildman–Crippen LogP) is 1.89. The van der Waals surface area contributed by atoms with Gasteiger partial charge in [-0.3, -0.25) is 0 Å². The number of benzene rings is 1. The maximum atomic E-state index is 9.25. The van der Waals surface area contributed by atoms with E-state index in [-0.39, 0.29) is 12.0 Å². The van der Waals surface area contributed by atoms with E-state index in [0.717, 1.165) is 36.6 Å². The van der Waals surface area contributed by atoms with Crippen molar-refractivity contribution in [2.45, 2.75) is 12.8 Å². The third kappa shape index (κ3) is 2.64. The molecule has 17 heavy (non-hydrogen) atoms.